The van der Waals surface area contributed by atoms with Crippen LogP contribution >= 0.6 is 0 Å². The van der Waals surface area contributed by atoms with E-state index < -0.39 is 5.97 Å². The summed E-state index contributed by atoms with van der Waals surface area (Å²) in [5, 5.41) is 7.75. The monoisotopic (exact) mass is 135 g/mol. The van der Waals surface area contributed by atoms with Crippen LogP contribution in [0.25, 0.3) is 0 Å². The van der Waals surface area contributed by atoms with Crippen molar-refractivity contribution in [3.8, 4) is 0 Å². The van der Waals surface area contributed by atoms with E-state index in [0.717, 1.165) is 0 Å². The van der Waals surface area contributed by atoms with E-state index in [1.54, 1.807) is 6.92 Å². The lowest BCUT2D eigenvalue weighted by Crippen LogP contribution is -2.06. The zero-order chi connectivity index (χ0) is 6.57. The van der Waals surface area contributed by atoms with Crippen LogP contribution in [0.1, 0.15) is 13.3 Å². The molecule has 0 radical (unpaired) electrons. The molecule has 3 nitrogen and oxygen atoms in total. The van der Waals surface area contributed by atoms with Gasteiger partial charge < -0.3 is 5.11 Å². The van der Waals surface area contributed by atoms with E-state index in [9.17, 15) is 9.00 Å². The normalized spacial score (nSPS) is 12.6. The maximum atomic E-state index is 9.82. The second-order valence-corrected chi connectivity index (χ2v) is 2.50. The fourth-order valence-electron chi connectivity index (χ4n) is 0.280. The van der Waals surface area contributed by atoms with E-state index in [0.29, 0.717) is 11.7 Å². The van der Waals surface area contributed by atoms with Crippen LogP contribution in [-0.2, 0) is 20.7 Å². The summed E-state index contributed by atoms with van der Waals surface area (Å²) in [5.74, 6) is -0.916. The molecule has 0 aromatic rings. The summed E-state index contributed by atoms with van der Waals surface area (Å²) in [4.78, 5) is 9.82. The summed E-state index contributed by atoms with van der Waals surface area (Å²) in [6.45, 7) is 1.59. The van der Waals surface area contributed by atoms with Gasteiger partial charge in [0.05, 0.1) is 0 Å². The minimum Gasteiger partial charge on any atom is -0.481 e. The van der Waals surface area contributed by atoms with Crippen LogP contribution in [0.2, 0.25) is 0 Å². The Morgan fingerprint density at radius 1 is 1.88 bits per heavy atom. The maximum Gasteiger partial charge on any atom is 0.462 e. The topological polar surface area (TPSA) is 54.4 Å². The summed E-state index contributed by atoms with van der Waals surface area (Å²) in [6.07, 6.45) is -0.0475. The van der Waals surface area contributed by atoms with Crippen LogP contribution in [0.4, 0.5) is 0 Å². The number of carboxylic acids is 1. The molecule has 0 spiro atoms. The Balaban J connectivity index is 3.38. The summed E-state index contributed by atoms with van der Waals surface area (Å²) in [5.41, 5.74) is 0. The van der Waals surface area contributed by atoms with E-state index in [4.69, 9.17) is 5.11 Å². The van der Waals surface area contributed by atoms with Gasteiger partial charge in [-0.1, -0.05) is 0 Å². The van der Waals surface area contributed by atoms with Crippen LogP contribution in [0.5, 0.6) is 0 Å². The highest BCUT2D eigenvalue weighted by Gasteiger charge is 2.17. The third-order valence-corrected chi connectivity index (χ3v) is 1.12. The average Bonchev–Trinajstić information content (AvgIpc) is 1.65. The molecule has 1 atom stereocenters. The summed E-state index contributed by atoms with van der Waals surface area (Å²) in [6, 6.07) is 0. The molecule has 46 valence electrons. The van der Waals surface area contributed by atoms with Crippen molar-refractivity contribution in [3.63, 3.8) is 0 Å². The first kappa shape index (κ1) is 7.49. The van der Waals surface area contributed by atoms with Crippen molar-refractivity contribution in [1.29, 1.82) is 0 Å². The third kappa shape index (κ3) is 3.67. The fraction of sp³-hybridized carbons (Fsp3) is 0.750. The zero-order valence-corrected chi connectivity index (χ0v) is 5.27. The van der Waals surface area contributed by atoms with Gasteiger partial charge in [0.15, 0.2) is 0 Å². The minimum atomic E-state index is -0.916. The molecular weight excluding hydrogens is 128 g/mol. The number of rotatable bonds is 3. The number of hydrogen-bond acceptors (Lipinski definition) is 2. The minimum absolute atomic E-state index is 0.0475. The van der Waals surface area contributed by atoms with E-state index >= 15 is 0 Å². The van der Waals surface area contributed by atoms with Gasteiger partial charge in [-0.3, -0.25) is 4.79 Å². The van der Waals surface area contributed by atoms with Crippen LogP contribution in [-0.4, -0.2) is 16.3 Å². The summed E-state index contributed by atoms with van der Waals surface area (Å²) >= 11 is 0.322. The maximum absolute atomic E-state index is 9.82. The van der Waals surface area contributed by atoms with Crippen LogP contribution in [0, 0.1) is 0 Å². The van der Waals surface area contributed by atoms with Gasteiger partial charge in [0.25, 0.3) is 0 Å². The Bertz CT molecular complexity index is 101. The molecule has 0 aliphatic heterocycles. The number of hydrogen-bond donors (Lipinski definition) is 1. The molecule has 0 aliphatic carbocycles. The molecular formula is C4H7O3S+. The molecule has 0 saturated heterocycles. The standard InChI is InChI=1S/C4H6O3S/c1-3(8-7)2-4(5)6/h3H,2H2,1H3/p+1. The Morgan fingerprint density at radius 2 is 2.38 bits per heavy atom. The van der Waals surface area contributed by atoms with Gasteiger partial charge in [-0.05, 0) is 6.92 Å². The lowest BCUT2D eigenvalue weighted by atomic mass is 10.3. The van der Waals surface area contributed by atoms with Crippen LogP contribution in [0.3, 0.4) is 0 Å². The van der Waals surface area contributed by atoms with Crippen LogP contribution < -0.4 is 0 Å². The second kappa shape index (κ2) is 3.49. The molecule has 0 fully saturated rings. The molecule has 0 saturated carbocycles. The number of aliphatic carboxylic acids is 1. The smallest absolute Gasteiger partial charge is 0.462 e. The van der Waals surface area contributed by atoms with Gasteiger partial charge >= 0.3 is 17.6 Å². The van der Waals surface area contributed by atoms with E-state index in [1.807, 2.05) is 0 Å². The molecule has 1 N–H and O–H groups in total. The zero-order valence-electron chi connectivity index (χ0n) is 4.46. The second-order valence-electron chi connectivity index (χ2n) is 1.50. The average molecular weight is 135 g/mol. The third-order valence-electron chi connectivity index (χ3n) is 0.626. The predicted molar refractivity (Wildman–Crippen MR) is 29.8 cm³/mol. The molecule has 0 amide bonds. The van der Waals surface area contributed by atoms with E-state index in [2.05, 4.69) is 0 Å². The predicted octanol–water partition coefficient (Wildman–Crippen LogP) is 0.278. The number of carboxylic acid groups (broad SMARTS) is 1. The van der Waals surface area contributed by atoms with Crippen molar-refractivity contribution < 1.29 is 14.1 Å². The van der Waals surface area contributed by atoms with Crippen molar-refractivity contribution >= 4 is 17.6 Å². The van der Waals surface area contributed by atoms with Gasteiger partial charge in [-0.2, -0.15) is 0 Å². The summed E-state index contributed by atoms with van der Waals surface area (Å²) in [7, 11) is 0. The molecule has 1 unspecified atom stereocenters. The fourth-order valence-corrected chi connectivity index (χ4v) is 0.491. The van der Waals surface area contributed by atoms with Crippen LogP contribution in [0.15, 0.2) is 0 Å². The van der Waals surface area contributed by atoms with Crippen molar-refractivity contribution in [1.82, 2.24) is 0 Å². The van der Waals surface area contributed by atoms with Crippen molar-refractivity contribution in [2.75, 3.05) is 0 Å². The highest BCUT2D eigenvalue weighted by molar-refractivity contribution is 7.66. The van der Waals surface area contributed by atoms with Crippen molar-refractivity contribution in [3.05, 3.63) is 0 Å². The lowest BCUT2D eigenvalue weighted by molar-refractivity contribution is -0.136. The Kier molecular flexibility index (Phi) is 3.26. The van der Waals surface area contributed by atoms with Gasteiger partial charge in [0, 0.05) is 4.21 Å². The highest BCUT2D eigenvalue weighted by atomic mass is 32.1. The van der Waals surface area contributed by atoms with E-state index in [1.165, 1.54) is 0 Å². The first-order valence-electron chi connectivity index (χ1n) is 2.17. The Labute approximate surface area is 51.2 Å². The molecule has 0 rings (SSSR count). The first-order valence-corrected chi connectivity index (χ1v) is 2.97. The quantitative estimate of drug-likeness (QED) is 0.565. The highest BCUT2D eigenvalue weighted by Crippen LogP contribution is 1.90. The van der Waals surface area contributed by atoms with Gasteiger partial charge in [0.2, 0.25) is 5.25 Å². The van der Waals surface area contributed by atoms with Gasteiger partial charge in [0.1, 0.15) is 6.42 Å². The summed E-state index contributed by atoms with van der Waals surface area (Å²) < 4.78 is 9.82. The van der Waals surface area contributed by atoms with Gasteiger partial charge in [-0.15, -0.1) is 0 Å². The molecule has 0 aromatic heterocycles. The van der Waals surface area contributed by atoms with Crippen molar-refractivity contribution in [2.45, 2.75) is 18.6 Å². The molecule has 0 heterocycles. The Hall–Kier alpha value is -0.510. The molecule has 0 bridgehead atoms. The van der Waals surface area contributed by atoms with Gasteiger partial charge in [-0.25, -0.2) is 0 Å². The van der Waals surface area contributed by atoms with E-state index in [-0.39, 0.29) is 11.7 Å². The largest absolute Gasteiger partial charge is 0.481 e. The SMILES string of the molecule is CC(CC(=O)O)[S+]=O. The lowest BCUT2D eigenvalue weighted by Gasteiger charge is -1.82. The molecule has 0 aromatic carbocycles. The van der Waals surface area contributed by atoms with Crippen molar-refractivity contribution in [2.24, 2.45) is 0 Å². The number of carbonyl (C=O) groups is 1. The molecule has 8 heavy (non-hydrogen) atoms. The Morgan fingerprint density at radius 3 is 2.50 bits per heavy atom. The molecule has 4 heteroatoms. The first-order chi connectivity index (χ1) is 3.66. The molecule has 0 aliphatic rings.